The van der Waals surface area contributed by atoms with E-state index in [1.165, 1.54) is 6.07 Å². The molecule has 1 aromatic rings. The van der Waals surface area contributed by atoms with E-state index in [9.17, 15) is 8.78 Å². The fraction of sp³-hybridized carbons (Fsp3) is 0.538. The molecule has 4 heteroatoms. The van der Waals surface area contributed by atoms with E-state index in [1.54, 1.807) is 6.92 Å². The normalized spacial score (nSPS) is 26.2. The minimum atomic E-state index is -0.569. The first-order chi connectivity index (χ1) is 7.99. The Balaban J connectivity index is 2.24. The second-order valence-electron chi connectivity index (χ2n) is 4.79. The second-order valence-corrected chi connectivity index (χ2v) is 4.79. The summed E-state index contributed by atoms with van der Waals surface area (Å²) in [7, 11) is 0. The lowest BCUT2D eigenvalue weighted by Crippen LogP contribution is -2.23. The predicted octanol–water partition coefficient (Wildman–Crippen LogP) is 2.70. The minimum absolute atomic E-state index is 0.101. The summed E-state index contributed by atoms with van der Waals surface area (Å²) in [6.07, 6.45) is 0.979. The number of benzene rings is 1. The molecule has 0 aliphatic carbocycles. The largest absolute Gasteiger partial charge is 0.378 e. The smallest absolute Gasteiger partial charge is 0.130 e. The van der Waals surface area contributed by atoms with Gasteiger partial charge in [0.1, 0.15) is 11.6 Å². The molecule has 1 aliphatic rings. The van der Waals surface area contributed by atoms with Crippen molar-refractivity contribution in [3.8, 4) is 0 Å². The van der Waals surface area contributed by atoms with E-state index in [-0.39, 0.29) is 12.0 Å². The molecule has 2 N–H and O–H groups in total. The van der Waals surface area contributed by atoms with Crippen LogP contribution in [0.1, 0.15) is 30.5 Å². The van der Waals surface area contributed by atoms with Crippen molar-refractivity contribution in [2.45, 2.75) is 32.4 Å². The van der Waals surface area contributed by atoms with Crippen LogP contribution in [0.3, 0.4) is 0 Å². The van der Waals surface area contributed by atoms with Gasteiger partial charge in [0.05, 0.1) is 12.7 Å². The Kier molecular flexibility index (Phi) is 3.45. The molecule has 1 saturated heterocycles. The van der Waals surface area contributed by atoms with Crippen LogP contribution in [-0.4, -0.2) is 12.7 Å². The average molecular weight is 241 g/mol. The summed E-state index contributed by atoms with van der Waals surface area (Å²) in [6.45, 7) is 4.12. The zero-order valence-electron chi connectivity index (χ0n) is 10.0. The minimum Gasteiger partial charge on any atom is -0.378 e. The van der Waals surface area contributed by atoms with Crippen LogP contribution in [0.2, 0.25) is 0 Å². The number of halogens is 2. The summed E-state index contributed by atoms with van der Waals surface area (Å²) in [5.41, 5.74) is 6.84. The topological polar surface area (TPSA) is 35.2 Å². The average Bonchev–Trinajstić information content (AvgIpc) is 2.69. The van der Waals surface area contributed by atoms with Gasteiger partial charge in [-0.2, -0.15) is 0 Å². The fourth-order valence-corrected chi connectivity index (χ4v) is 2.29. The Morgan fingerprint density at radius 3 is 2.65 bits per heavy atom. The van der Waals surface area contributed by atoms with E-state index in [4.69, 9.17) is 10.5 Å². The lowest BCUT2D eigenvalue weighted by molar-refractivity contribution is 0.118. The monoisotopic (exact) mass is 241 g/mol. The zero-order valence-corrected chi connectivity index (χ0v) is 10.0. The molecular formula is C13H17F2NO. The third-order valence-electron chi connectivity index (χ3n) is 3.37. The predicted molar refractivity (Wildman–Crippen MR) is 61.5 cm³/mol. The summed E-state index contributed by atoms with van der Waals surface area (Å²) in [4.78, 5) is 0. The maximum absolute atomic E-state index is 13.7. The molecular weight excluding hydrogens is 224 g/mol. The number of rotatable bonds is 2. The number of hydrogen-bond donors (Lipinski definition) is 1. The standard InChI is InChI=1S/C13H17F2NO/c1-7-3-10(12(15)5-11(7)14)13(16)9-4-8(2)17-6-9/h3,5,8-9,13H,4,6,16H2,1-2H3. The molecule has 1 heterocycles. The molecule has 3 unspecified atom stereocenters. The van der Waals surface area contributed by atoms with Gasteiger partial charge in [0.2, 0.25) is 0 Å². The molecule has 0 aromatic heterocycles. The molecule has 2 nitrogen and oxygen atoms in total. The molecule has 1 fully saturated rings. The van der Waals surface area contributed by atoms with Gasteiger partial charge in [0.15, 0.2) is 0 Å². The Hall–Kier alpha value is -1.00. The van der Waals surface area contributed by atoms with Gasteiger partial charge in [-0.25, -0.2) is 8.78 Å². The highest BCUT2D eigenvalue weighted by Crippen LogP contribution is 2.31. The molecule has 2 rings (SSSR count). The third-order valence-corrected chi connectivity index (χ3v) is 3.37. The highest BCUT2D eigenvalue weighted by molar-refractivity contribution is 5.28. The highest BCUT2D eigenvalue weighted by atomic mass is 19.1. The maximum Gasteiger partial charge on any atom is 0.130 e. The summed E-state index contributed by atoms with van der Waals surface area (Å²) in [5.74, 6) is -1.00. The molecule has 3 atom stereocenters. The highest BCUT2D eigenvalue weighted by Gasteiger charge is 2.30. The van der Waals surface area contributed by atoms with Gasteiger partial charge in [-0.1, -0.05) is 0 Å². The molecule has 0 saturated carbocycles. The van der Waals surface area contributed by atoms with E-state index < -0.39 is 17.7 Å². The molecule has 17 heavy (non-hydrogen) atoms. The van der Waals surface area contributed by atoms with Crippen molar-refractivity contribution >= 4 is 0 Å². The Bertz CT molecular complexity index is 422. The molecule has 1 aromatic carbocycles. The summed E-state index contributed by atoms with van der Waals surface area (Å²) < 4.78 is 32.3. The summed E-state index contributed by atoms with van der Waals surface area (Å²) in [6, 6.07) is 1.97. The molecule has 0 spiro atoms. The summed E-state index contributed by atoms with van der Waals surface area (Å²) >= 11 is 0. The van der Waals surface area contributed by atoms with Crippen molar-refractivity contribution in [2.75, 3.05) is 6.61 Å². The van der Waals surface area contributed by atoms with E-state index in [1.807, 2.05) is 6.92 Å². The summed E-state index contributed by atoms with van der Waals surface area (Å²) in [5, 5.41) is 0. The van der Waals surface area contributed by atoms with Gasteiger partial charge in [0.25, 0.3) is 0 Å². The van der Waals surface area contributed by atoms with Crippen LogP contribution in [0.5, 0.6) is 0 Å². The first kappa shape index (κ1) is 12.5. The van der Waals surface area contributed by atoms with Crippen molar-refractivity contribution in [3.63, 3.8) is 0 Å². The van der Waals surface area contributed by atoms with Crippen LogP contribution >= 0.6 is 0 Å². The van der Waals surface area contributed by atoms with Crippen LogP contribution in [0.25, 0.3) is 0 Å². The van der Waals surface area contributed by atoms with Crippen LogP contribution in [-0.2, 0) is 4.74 Å². The molecule has 0 bridgehead atoms. The van der Waals surface area contributed by atoms with E-state index in [0.29, 0.717) is 17.7 Å². The molecule has 1 aliphatic heterocycles. The fourth-order valence-electron chi connectivity index (χ4n) is 2.29. The van der Waals surface area contributed by atoms with Crippen molar-refractivity contribution < 1.29 is 13.5 Å². The van der Waals surface area contributed by atoms with Gasteiger partial charge >= 0.3 is 0 Å². The van der Waals surface area contributed by atoms with Crippen molar-refractivity contribution in [1.82, 2.24) is 0 Å². The lowest BCUT2D eigenvalue weighted by Gasteiger charge is -2.19. The Labute approximate surface area is 99.8 Å². The molecule has 0 radical (unpaired) electrons. The van der Waals surface area contributed by atoms with Gasteiger partial charge in [-0.15, -0.1) is 0 Å². The Morgan fingerprint density at radius 1 is 1.35 bits per heavy atom. The first-order valence-corrected chi connectivity index (χ1v) is 5.81. The van der Waals surface area contributed by atoms with Gasteiger partial charge in [-0.05, 0) is 31.9 Å². The van der Waals surface area contributed by atoms with Crippen LogP contribution in [0.15, 0.2) is 12.1 Å². The van der Waals surface area contributed by atoms with Gasteiger partial charge in [0, 0.05) is 23.6 Å². The lowest BCUT2D eigenvalue weighted by atomic mass is 9.90. The van der Waals surface area contributed by atoms with E-state index in [2.05, 4.69) is 0 Å². The van der Waals surface area contributed by atoms with E-state index in [0.717, 1.165) is 12.5 Å². The van der Waals surface area contributed by atoms with Crippen molar-refractivity contribution in [2.24, 2.45) is 11.7 Å². The van der Waals surface area contributed by atoms with E-state index >= 15 is 0 Å². The number of aryl methyl sites for hydroxylation is 1. The second kappa shape index (κ2) is 4.70. The quantitative estimate of drug-likeness (QED) is 0.864. The molecule has 94 valence electrons. The van der Waals surface area contributed by atoms with Gasteiger partial charge in [-0.3, -0.25) is 0 Å². The number of nitrogens with two attached hydrogens (primary N) is 1. The van der Waals surface area contributed by atoms with Crippen LogP contribution in [0.4, 0.5) is 8.78 Å². The molecule has 0 amide bonds. The number of ether oxygens (including phenoxy) is 1. The third kappa shape index (κ3) is 2.48. The maximum atomic E-state index is 13.7. The Morgan fingerprint density at radius 2 is 2.06 bits per heavy atom. The SMILES string of the molecule is Cc1cc(C(N)C2COC(C)C2)c(F)cc1F. The van der Waals surface area contributed by atoms with Crippen LogP contribution in [0, 0.1) is 24.5 Å². The van der Waals surface area contributed by atoms with Crippen molar-refractivity contribution in [3.05, 3.63) is 34.9 Å². The van der Waals surface area contributed by atoms with Crippen LogP contribution < -0.4 is 5.73 Å². The first-order valence-electron chi connectivity index (χ1n) is 5.81. The van der Waals surface area contributed by atoms with Crippen molar-refractivity contribution in [1.29, 1.82) is 0 Å². The number of hydrogen-bond acceptors (Lipinski definition) is 2. The zero-order chi connectivity index (χ0) is 12.6. The van der Waals surface area contributed by atoms with Gasteiger partial charge < -0.3 is 10.5 Å².